The number of aromatic nitrogens is 1. The second-order valence-electron chi connectivity index (χ2n) is 3.46. The number of rotatable bonds is 3. The lowest BCUT2D eigenvalue weighted by Gasteiger charge is -2.05. The number of amidine groups is 1. The molecule has 1 aromatic heterocycles. The summed E-state index contributed by atoms with van der Waals surface area (Å²) in [6.45, 7) is 0. The van der Waals surface area contributed by atoms with Gasteiger partial charge in [0.1, 0.15) is 11.6 Å². The number of benzene rings is 1. The van der Waals surface area contributed by atoms with Gasteiger partial charge in [0.05, 0.1) is 5.02 Å². The van der Waals surface area contributed by atoms with Crippen LogP contribution in [0.15, 0.2) is 47.7 Å². The van der Waals surface area contributed by atoms with Crippen molar-refractivity contribution in [3.8, 4) is 11.6 Å². The number of nitrogens with zero attached hydrogens (tertiary/aromatic N) is 2. The van der Waals surface area contributed by atoms with Gasteiger partial charge in [-0.2, -0.15) is 5.10 Å². The number of pyridine rings is 1. The Bertz CT molecular complexity index is 551. The molecule has 1 aromatic carbocycles. The van der Waals surface area contributed by atoms with E-state index in [-0.39, 0.29) is 5.84 Å². The highest BCUT2D eigenvalue weighted by Crippen LogP contribution is 2.20. The fraction of sp³-hybridized carbons (Fsp3) is 0. The van der Waals surface area contributed by atoms with Crippen LogP contribution in [-0.4, -0.2) is 10.8 Å². The van der Waals surface area contributed by atoms with Crippen LogP contribution in [0.2, 0.25) is 5.02 Å². The standard InChI is InChI=1S/C12H11ClN4O/c13-9-3-6-11(16-7-9)18-10-4-1-8(2-5-10)12(14)17-15/h1-7H,15H2,(H2,14,17). The molecule has 18 heavy (non-hydrogen) atoms. The summed E-state index contributed by atoms with van der Waals surface area (Å²) in [7, 11) is 0. The summed E-state index contributed by atoms with van der Waals surface area (Å²) in [5.41, 5.74) is 6.30. The number of nitrogens with two attached hydrogens (primary N) is 2. The van der Waals surface area contributed by atoms with Gasteiger partial charge in [0.15, 0.2) is 0 Å². The van der Waals surface area contributed by atoms with Crippen molar-refractivity contribution in [1.29, 1.82) is 0 Å². The van der Waals surface area contributed by atoms with Gasteiger partial charge in [-0.05, 0) is 30.3 Å². The molecule has 0 radical (unpaired) electrons. The summed E-state index contributed by atoms with van der Waals surface area (Å²) < 4.78 is 5.52. The first-order valence-corrected chi connectivity index (χ1v) is 5.50. The zero-order chi connectivity index (χ0) is 13.0. The van der Waals surface area contributed by atoms with Crippen molar-refractivity contribution in [2.24, 2.45) is 16.7 Å². The van der Waals surface area contributed by atoms with Crippen LogP contribution in [0.3, 0.4) is 0 Å². The van der Waals surface area contributed by atoms with E-state index < -0.39 is 0 Å². The predicted molar refractivity (Wildman–Crippen MR) is 70.7 cm³/mol. The van der Waals surface area contributed by atoms with Gasteiger partial charge in [0.2, 0.25) is 5.88 Å². The highest BCUT2D eigenvalue weighted by atomic mass is 35.5. The lowest BCUT2D eigenvalue weighted by molar-refractivity contribution is 0.463. The molecular weight excluding hydrogens is 252 g/mol. The lowest BCUT2D eigenvalue weighted by Crippen LogP contribution is -2.15. The van der Waals surface area contributed by atoms with Crippen LogP contribution in [0.4, 0.5) is 0 Å². The van der Waals surface area contributed by atoms with Crippen molar-refractivity contribution in [3.63, 3.8) is 0 Å². The normalized spacial score (nSPS) is 11.3. The molecule has 0 saturated heterocycles. The lowest BCUT2D eigenvalue weighted by atomic mass is 10.2. The molecule has 6 heteroatoms. The molecular formula is C12H11ClN4O. The Morgan fingerprint density at radius 1 is 1.17 bits per heavy atom. The molecule has 0 atom stereocenters. The highest BCUT2D eigenvalue weighted by molar-refractivity contribution is 6.30. The third kappa shape index (κ3) is 2.89. The molecule has 2 aromatic rings. The Morgan fingerprint density at radius 2 is 1.89 bits per heavy atom. The smallest absolute Gasteiger partial charge is 0.219 e. The van der Waals surface area contributed by atoms with E-state index in [9.17, 15) is 0 Å². The Balaban J connectivity index is 2.13. The second-order valence-corrected chi connectivity index (χ2v) is 3.89. The van der Waals surface area contributed by atoms with Crippen molar-refractivity contribution >= 4 is 17.4 Å². The van der Waals surface area contributed by atoms with Crippen LogP contribution >= 0.6 is 11.6 Å². The summed E-state index contributed by atoms with van der Waals surface area (Å²) in [6, 6.07) is 10.4. The average molecular weight is 263 g/mol. The molecule has 0 aliphatic heterocycles. The zero-order valence-electron chi connectivity index (χ0n) is 9.38. The summed E-state index contributed by atoms with van der Waals surface area (Å²) >= 11 is 5.73. The van der Waals surface area contributed by atoms with E-state index in [1.165, 1.54) is 6.20 Å². The number of hydrogen-bond acceptors (Lipinski definition) is 4. The van der Waals surface area contributed by atoms with Gasteiger partial charge in [-0.15, -0.1) is 0 Å². The quantitative estimate of drug-likeness (QED) is 0.384. The van der Waals surface area contributed by atoms with Gasteiger partial charge in [0, 0.05) is 17.8 Å². The van der Waals surface area contributed by atoms with Crippen LogP contribution < -0.4 is 16.3 Å². The highest BCUT2D eigenvalue weighted by Gasteiger charge is 2.01. The van der Waals surface area contributed by atoms with Gasteiger partial charge in [0.25, 0.3) is 0 Å². The summed E-state index contributed by atoms with van der Waals surface area (Å²) in [4.78, 5) is 4.02. The van der Waals surface area contributed by atoms with E-state index in [0.29, 0.717) is 16.7 Å². The number of hydrogen-bond donors (Lipinski definition) is 2. The maximum Gasteiger partial charge on any atom is 0.219 e. The molecule has 2 rings (SSSR count). The fourth-order valence-corrected chi connectivity index (χ4v) is 1.42. The van der Waals surface area contributed by atoms with Crippen molar-refractivity contribution < 1.29 is 4.74 Å². The Hall–Kier alpha value is -2.27. The molecule has 0 unspecified atom stereocenters. The van der Waals surface area contributed by atoms with Gasteiger partial charge in [-0.3, -0.25) is 0 Å². The SMILES string of the molecule is N/N=C(\N)c1ccc(Oc2ccc(Cl)cn2)cc1. The molecule has 0 spiro atoms. The van der Waals surface area contributed by atoms with Crippen molar-refractivity contribution in [3.05, 3.63) is 53.2 Å². The van der Waals surface area contributed by atoms with Gasteiger partial charge in [-0.25, -0.2) is 4.98 Å². The molecule has 0 bridgehead atoms. The van der Waals surface area contributed by atoms with E-state index in [1.807, 2.05) is 0 Å². The Kier molecular flexibility index (Phi) is 3.64. The third-order valence-corrected chi connectivity index (χ3v) is 2.44. The van der Waals surface area contributed by atoms with E-state index in [4.69, 9.17) is 27.9 Å². The first-order chi connectivity index (χ1) is 8.69. The van der Waals surface area contributed by atoms with E-state index in [0.717, 1.165) is 5.56 Å². The predicted octanol–water partition coefficient (Wildman–Crippen LogP) is 2.11. The minimum Gasteiger partial charge on any atom is -0.439 e. The summed E-state index contributed by atoms with van der Waals surface area (Å²) in [6.07, 6.45) is 1.52. The molecule has 5 nitrogen and oxygen atoms in total. The average Bonchev–Trinajstić information content (AvgIpc) is 2.41. The largest absolute Gasteiger partial charge is 0.439 e. The van der Waals surface area contributed by atoms with Crippen LogP contribution in [0.25, 0.3) is 0 Å². The molecule has 4 N–H and O–H groups in total. The minimum absolute atomic E-state index is 0.270. The van der Waals surface area contributed by atoms with Crippen molar-refractivity contribution in [1.82, 2.24) is 4.98 Å². The van der Waals surface area contributed by atoms with Crippen molar-refractivity contribution in [2.45, 2.75) is 0 Å². The topological polar surface area (TPSA) is 86.5 Å². The van der Waals surface area contributed by atoms with E-state index in [2.05, 4.69) is 10.1 Å². The van der Waals surface area contributed by atoms with Gasteiger partial charge < -0.3 is 16.3 Å². The molecule has 1 heterocycles. The zero-order valence-corrected chi connectivity index (χ0v) is 10.1. The summed E-state index contributed by atoms with van der Waals surface area (Å²) in [5.74, 6) is 6.46. The number of ether oxygens (including phenoxy) is 1. The van der Waals surface area contributed by atoms with E-state index in [1.54, 1.807) is 36.4 Å². The van der Waals surface area contributed by atoms with Crippen LogP contribution in [-0.2, 0) is 0 Å². The van der Waals surface area contributed by atoms with Gasteiger partial charge in [-0.1, -0.05) is 11.6 Å². The molecule has 92 valence electrons. The van der Waals surface area contributed by atoms with Crippen LogP contribution in [0.5, 0.6) is 11.6 Å². The minimum atomic E-state index is 0.270. The summed E-state index contributed by atoms with van der Waals surface area (Å²) in [5, 5.41) is 3.97. The third-order valence-electron chi connectivity index (χ3n) is 2.21. The van der Waals surface area contributed by atoms with Crippen molar-refractivity contribution in [2.75, 3.05) is 0 Å². The molecule has 0 amide bonds. The Morgan fingerprint density at radius 3 is 2.44 bits per heavy atom. The molecule has 0 saturated carbocycles. The molecule has 0 aliphatic rings. The molecule has 0 aliphatic carbocycles. The Labute approximate surface area is 109 Å². The second kappa shape index (κ2) is 5.37. The number of halogens is 1. The van der Waals surface area contributed by atoms with E-state index >= 15 is 0 Å². The molecule has 0 fully saturated rings. The maximum absolute atomic E-state index is 5.73. The first-order valence-electron chi connectivity index (χ1n) is 5.12. The van der Waals surface area contributed by atoms with Crippen LogP contribution in [0.1, 0.15) is 5.56 Å². The maximum atomic E-state index is 5.73. The fourth-order valence-electron chi connectivity index (χ4n) is 1.31. The monoisotopic (exact) mass is 262 g/mol. The van der Waals surface area contributed by atoms with Crippen LogP contribution in [0, 0.1) is 0 Å². The van der Waals surface area contributed by atoms with Gasteiger partial charge >= 0.3 is 0 Å². The first kappa shape index (κ1) is 12.2. The number of hydrazone groups is 1.